The molecule has 3 unspecified atom stereocenters. The van der Waals surface area contributed by atoms with Gasteiger partial charge in [-0.05, 0) is 24.1 Å². The molecule has 1 heterocycles. The number of nitrogens with one attached hydrogen (secondary N) is 1. The number of hydrogen-bond donors (Lipinski definition) is 3. The van der Waals surface area contributed by atoms with Crippen LogP contribution < -0.4 is 14.8 Å². The summed E-state index contributed by atoms with van der Waals surface area (Å²) in [5.74, 6) is 1.42. The van der Waals surface area contributed by atoms with E-state index < -0.39 is 6.10 Å². The monoisotopic (exact) mass is 293 g/mol. The summed E-state index contributed by atoms with van der Waals surface area (Å²) in [6.45, 7) is 5.64. The van der Waals surface area contributed by atoms with Crippen molar-refractivity contribution in [3.05, 3.63) is 23.8 Å². The van der Waals surface area contributed by atoms with Gasteiger partial charge in [-0.15, -0.1) is 0 Å². The zero-order valence-corrected chi connectivity index (χ0v) is 12.5. The predicted octanol–water partition coefficient (Wildman–Crippen LogP) is 1.24. The first-order chi connectivity index (χ1) is 9.98. The molecule has 0 bridgehead atoms. The van der Waals surface area contributed by atoms with Crippen LogP contribution in [-0.4, -0.2) is 42.1 Å². The van der Waals surface area contributed by atoms with Crippen LogP contribution in [0.25, 0.3) is 0 Å². The highest BCUT2D eigenvalue weighted by Crippen LogP contribution is 2.40. The summed E-state index contributed by atoms with van der Waals surface area (Å²) in [6.07, 6.45) is -0.128. The van der Waals surface area contributed by atoms with Gasteiger partial charge < -0.3 is 25.0 Å². The van der Waals surface area contributed by atoms with Gasteiger partial charge in [0, 0.05) is 18.0 Å². The number of hydrogen-bond acceptors (Lipinski definition) is 5. The molecule has 1 fully saturated rings. The van der Waals surface area contributed by atoms with Gasteiger partial charge in [-0.2, -0.15) is 0 Å². The van der Waals surface area contributed by atoms with E-state index in [1.807, 2.05) is 32.0 Å². The molecule has 3 atom stereocenters. The third-order valence-corrected chi connectivity index (χ3v) is 4.72. The van der Waals surface area contributed by atoms with Crippen LogP contribution >= 0.6 is 0 Å². The molecule has 1 aromatic carbocycles. The van der Waals surface area contributed by atoms with Crippen molar-refractivity contribution in [2.45, 2.75) is 38.5 Å². The summed E-state index contributed by atoms with van der Waals surface area (Å²) in [5, 5.41) is 23.4. The number of aliphatic hydroxyl groups excluding tert-OH is 2. The quantitative estimate of drug-likeness (QED) is 0.779. The van der Waals surface area contributed by atoms with Gasteiger partial charge >= 0.3 is 0 Å². The highest BCUT2D eigenvalue weighted by atomic mass is 16.6. The molecule has 1 aromatic rings. The van der Waals surface area contributed by atoms with Crippen LogP contribution in [0.3, 0.4) is 0 Å². The maximum absolute atomic E-state index is 10.3. The molecule has 21 heavy (non-hydrogen) atoms. The highest BCUT2D eigenvalue weighted by Gasteiger charge is 2.46. The number of benzene rings is 1. The summed E-state index contributed by atoms with van der Waals surface area (Å²) in [6, 6.07) is 5.77. The van der Waals surface area contributed by atoms with Gasteiger partial charge in [0.15, 0.2) is 11.5 Å². The first kappa shape index (κ1) is 14.6. The third kappa shape index (κ3) is 2.73. The van der Waals surface area contributed by atoms with E-state index >= 15 is 0 Å². The fourth-order valence-corrected chi connectivity index (χ4v) is 2.89. The summed E-state index contributed by atoms with van der Waals surface area (Å²) >= 11 is 0. The molecule has 1 saturated carbocycles. The molecule has 0 aromatic heterocycles. The largest absolute Gasteiger partial charge is 0.486 e. The van der Waals surface area contributed by atoms with Crippen LogP contribution in [0.1, 0.15) is 31.9 Å². The van der Waals surface area contributed by atoms with Gasteiger partial charge in [0.05, 0.1) is 12.2 Å². The number of aliphatic hydroxyl groups is 2. The smallest absolute Gasteiger partial charge is 0.161 e. The minimum Gasteiger partial charge on any atom is -0.486 e. The topological polar surface area (TPSA) is 71.0 Å². The molecular weight excluding hydrogens is 270 g/mol. The van der Waals surface area contributed by atoms with E-state index in [-0.39, 0.29) is 17.6 Å². The molecule has 0 amide bonds. The average Bonchev–Trinajstić information content (AvgIpc) is 2.50. The summed E-state index contributed by atoms with van der Waals surface area (Å²) in [5.41, 5.74) is 0.677. The Balaban J connectivity index is 1.59. The van der Waals surface area contributed by atoms with Crippen molar-refractivity contribution in [3.8, 4) is 11.5 Å². The lowest BCUT2D eigenvalue weighted by Crippen LogP contribution is -2.60. The van der Waals surface area contributed by atoms with Crippen LogP contribution in [-0.2, 0) is 0 Å². The molecule has 3 N–H and O–H groups in total. The molecule has 116 valence electrons. The Bertz CT molecular complexity index is 517. The Morgan fingerprint density at radius 3 is 2.67 bits per heavy atom. The summed E-state index contributed by atoms with van der Waals surface area (Å²) < 4.78 is 11.0. The van der Waals surface area contributed by atoms with E-state index in [1.165, 1.54) is 0 Å². The molecule has 0 saturated heterocycles. The van der Waals surface area contributed by atoms with Crippen molar-refractivity contribution in [3.63, 3.8) is 0 Å². The van der Waals surface area contributed by atoms with Crippen molar-refractivity contribution in [2.75, 3.05) is 19.8 Å². The molecular formula is C16H23NO4. The van der Waals surface area contributed by atoms with Crippen molar-refractivity contribution in [2.24, 2.45) is 5.41 Å². The molecule has 3 rings (SSSR count). The van der Waals surface area contributed by atoms with Gasteiger partial charge in [0.1, 0.15) is 13.2 Å². The van der Waals surface area contributed by atoms with Crippen molar-refractivity contribution >= 4 is 0 Å². The van der Waals surface area contributed by atoms with Gasteiger partial charge in [-0.25, -0.2) is 0 Å². The molecule has 2 aliphatic rings. The van der Waals surface area contributed by atoms with E-state index in [2.05, 4.69) is 5.32 Å². The molecule has 5 nitrogen and oxygen atoms in total. The van der Waals surface area contributed by atoms with Crippen LogP contribution in [0.4, 0.5) is 0 Å². The van der Waals surface area contributed by atoms with Crippen molar-refractivity contribution in [1.29, 1.82) is 0 Å². The van der Waals surface area contributed by atoms with Gasteiger partial charge in [0.2, 0.25) is 0 Å². The van der Waals surface area contributed by atoms with Crippen molar-refractivity contribution < 1.29 is 19.7 Å². The molecule has 5 heteroatoms. The fourth-order valence-electron chi connectivity index (χ4n) is 2.89. The Hall–Kier alpha value is -1.30. The Morgan fingerprint density at radius 1 is 1.29 bits per heavy atom. The fraction of sp³-hybridized carbons (Fsp3) is 0.625. The molecule has 1 aliphatic heterocycles. The normalized spacial score (nSPS) is 27.8. The lowest BCUT2D eigenvalue weighted by Gasteiger charge is -2.50. The second-order valence-corrected chi connectivity index (χ2v) is 6.45. The first-order valence-electron chi connectivity index (χ1n) is 7.47. The standard InChI is InChI=1S/C16H23NO4/c1-16(2)14(8-15(16)19)17-9-11(18)10-3-4-12-13(7-10)21-6-5-20-12/h3-4,7,11,14-15,17-19H,5-6,8-9H2,1-2H3. The minimum atomic E-state index is -0.602. The van der Waals surface area contributed by atoms with Crippen LogP contribution in [0.2, 0.25) is 0 Å². The van der Waals surface area contributed by atoms with Gasteiger partial charge in [0.25, 0.3) is 0 Å². The van der Waals surface area contributed by atoms with E-state index in [4.69, 9.17) is 9.47 Å². The second-order valence-electron chi connectivity index (χ2n) is 6.45. The van der Waals surface area contributed by atoms with Crippen LogP contribution in [0.5, 0.6) is 11.5 Å². The van der Waals surface area contributed by atoms with E-state index in [0.717, 1.165) is 17.7 Å². The number of ether oxygens (including phenoxy) is 2. The zero-order valence-electron chi connectivity index (χ0n) is 12.5. The van der Waals surface area contributed by atoms with E-state index in [9.17, 15) is 10.2 Å². The van der Waals surface area contributed by atoms with Crippen LogP contribution in [0, 0.1) is 5.41 Å². The highest BCUT2D eigenvalue weighted by molar-refractivity contribution is 5.44. The maximum Gasteiger partial charge on any atom is 0.161 e. The predicted molar refractivity (Wildman–Crippen MR) is 78.6 cm³/mol. The van der Waals surface area contributed by atoms with Crippen LogP contribution in [0.15, 0.2) is 18.2 Å². The van der Waals surface area contributed by atoms with E-state index in [1.54, 1.807) is 0 Å². The second kappa shape index (κ2) is 5.48. The van der Waals surface area contributed by atoms with Crippen molar-refractivity contribution in [1.82, 2.24) is 5.32 Å². The summed E-state index contributed by atoms with van der Waals surface area (Å²) in [7, 11) is 0. The molecule has 0 spiro atoms. The Labute approximate surface area is 124 Å². The van der Waals surface area contributed by atoms with Gasteiger partial charge in [-0.1, -0.05) is 19.9 Å². The van der Waals surface area contributed by atoms with E-state index in [0.29, 0.717) is 25.5 Å². The lowest BCUT2D eigenvalue weighted by atomic mass is 9.64. The Kier molecular flexibility index (Phi) is 3.82. The molecule has 0 radical (unpaired) electrons. The van der Waals surface area contributed by atoms with Gasteiger partial charge in [-0.3, -0.25) is 0 Å². The summed E-state index contributed by atoms with van der Waals surface area (Å²) in [4.78, 5) is 0. The number of fused-ring (bicyclic) bond motifs is 1. The lowest BCUT2D eigenvalue weighted by molar-refractivity contribution is -0.0749. The average molecular weight is 293 g/mol. The SMILES string of the molecule is CC1(C)C(O)CC1NCC(O)c1ccc2c(c1)OCCO2. The zero-order chi connectivity index (χ0) is 15.0. The third-order valence-electron chi connectivity index (χ3n) is 4.72. The number of rotatable bonds is 4. The first-order valence-corrected chi connectivity index (χ1v) is 7.47. The maximum atomic E-state index is 10.3. The molecule has 1 aliphatic carbocycles. The Morgan fingerprint density at radius 2 is 2.00 bits per heavy atom. The minimum absolute atomic E-state index is 0.132.